The summed E-state index contributed by atoms with van der Waals surface area (Å²) in [7, 11) is 0. The van der Waals surface area contributed by atoms with Crippen molar-refractivity contribution in [2.24, 2.45) is 5.92 Å². The predicted molar refractivity (Wildman–Crippen MR) is 113 cm³/mol. The van der Waals surface area contributed by atoms with Crippen LogP contribution in [-0.2, 0) is 9.59 Å². The summed E-state index contributed by atoms with van der Waals surface area (Å²) in [6.45, 7) is 4.71. The van der Waals surface area contributed by atoms with Crippen LogP contribution >= 0.6 is 11.3 Å². The van der Waals surface area contributed by atoms with Gasteiger partial charge in [-0.15, -0.1) is 10.2 Å². The second kappa shape index (κ2) is 8.77. The first-order valence-corrected chi connectivity index (χ1v) is 10.9. The number of carbonyl (C=O) groups is 2. The van der Waals surface area contributed by atoms with E-state index in [0.29, 0.717) is 31.2 Å². The Morgan fingerprint density at radius 2 is 2.00 bits per heavy atom. The molecule has 0 saturated carbocycles. The van der Waals surface area contributed by atoms with Crippen molar-refractivity contribution in [3.63, 3.8) is 0 Å². The summed E-state index contributed by atoms with van der Waals surface area (Å²) in [4.78, 5) is 28.5. The van der Waals surface area contributed by atoms with Gasteiger partial charge in [0.2, 0.25) is 22.1 Å². The number of nitrogens with one attached hydrogen (secondary N) is 1. The normalized spacial score (nSPS) is 19.5. The quantitative estimate of drug-likeness (QED) is 0.781. The SMILES string of the molecule is CCOc1ccc(NC(=O)[C@@H]2CCCN(c3nnc(N4CCCC4=O)s3)C2)cc1. The van der Waals surface area contributed by atoms with Crippen LogP contribution in [0, 0.1) is 5.92 Å². The highest BCUT2D eigenvalue weighted by atomic mass is 32.1. The van der Waals surface area contributed by atoms with Gasteiger partial charge in [0.25, 0.3) is 0 Å². The zero-order chi connectivity index (χ0) is 20.2. The second-order valence-corrected chi connectivity index (χ2v) is 8.18. The van der Waals surface area contributed by atoms with E-state index in [1.165, 1.54) is 11.3 Å². The summed E-state index contributed by atoms with van der Waals surface area (Å²) in [5.41, 5.74) is 0.765. The smallest absolute Gasteiger partial charge is 0.229 e. The number of amides is 2. The highest BCUT2D eigenvalue weighted by molar-refractivity contribution is 7.19. The number of nitrogens with zero attached hydrogens (tertiary/aromatic N) is 4. The molecule has 2 aliphatic heterocycles. The lowest BCUT2D eigenvalue weighted by atomic mass is 9.97. The molecule has 9 heteroatoms. The van der Waals surface area contributed by atoms with Crippen molar-refractivity contribution in [3.05, 3.63) is 24.3 Å². The molecule has 0 bridgehead atoms. The summed E-state index contributed by atoms with van der Waals surface area (Å²) in [5.74, 6) is 0.797. The second-order valence-electron chi connectivity index (χ2n) is 7.25. The summed E-state index contributed by atoms with van der Waals surface area (Å²) < 4.78 is 5.44. The first-order chi connectivity index (χ1) is 14.1. The number of piperidine rings is 1. The molecule has 3 heterocycles. The van der Waals surface area contributed by atoms with Crippen LogP contribution in [0.3, 0.4) is 0 Å². The van der Waals surface area contributed by atoms with Crippen LogP contribution in [0.2, 0.25) is 0 Å². The van der Waals surface area contributed by atoms with Crippen LogP contribution in [0.1, 0.15) is 32.6 Å². The third-order valence-electron chi connectivity index (χ3n) is 5.20. The molecule has 2 fully saturated rings. The minimum absolute atomic E-state index is 0.0123. The number of carbonyl (C=O) groups excluding carboxylic acids is 2. The molecule has 2 aliphatic rings. The minimum Gasteiger partial charge on any atom is -0.494 e. The Hall–Kier alpha value is -2.68. The Kier molecular flexibility index (Phi) is 5.94. The lowest BCUT2D eigenvalue weighted by Crippen LogP contribution is -2.40. The standard InChI is InChI=1S/C20H25N5O3S/c1-2-28-16-9-7-15(8-10-16)21-18(27)14-5-3-11-24(13-14)19-22-23-20(29-19)25-12-4-6-17(25)26/h7-10,14H,2-6,11-13H2,1H3,(H,21,27)/t14-/m1/s1. The average Bonchev–Trinajstić information content (AvgIpc) is 3.38. The van der Waals surface area contributed by atoms with E-state index in [-0.39, 0.29) is 17.7 Å². The maximum atomic E-state index is 12.8. The molecule has 154 valence electrons. The topological polar surface area (TPSA) is 87.7 Å². The van der Waals surface area contributed by atoms with Gasteiger partial charge in [0.05, 0.1) is 12.5 Å². The van der Waals surface area contributed by atoms with E-state index in [9.17, 15) is 9.59 Å². The van der Waals surface area contributed by atoms with Gasteiger partial charge in [0.15, 0.2) is 0 Å². The molecular weight excluding hydrogens is 390 g/mol. The largest absolute Gasteiger partial charge is 0.494 e. The molecule has 0 aliphatic carbocycles. The summed E-state index contributed by atoms with van der Waals surface area (Å²) in [5, 5.41) is 12.9. The highest BCUT2D eigenvalue weighted by Gasteiger charge is 2.30. The molecule has 0 unspecified atom stereocenters. The van der Waals surface area contributed by atoms with E-state index >= 15 is 0 Å². The van der Waals surface area contributed by atoms with E-state index in [1.54, 1.807) is 4.90 Å². The van der Waals surface area contributed by atoms with Gasteiger partial charge in [-0.1, -0.05) is 11.3 Å². The van der Waals surface area contributed by atoms with E-state index in [2.05, 4.69) is 20.4 Å². The monoisotopic (exact) mass is 415 g/mol. The Morgan fingerprint density at radius 3 is 2.72 bits per heavy atom. The summed E-state index contributed by atoms with van der Waals surface area (Å²) in [6.07, 6.45) is 3.20. The van der Waals surface area contributed by atoms with Gasteiger partial charge in [-0.05, 0) is 50.5 Å². The third kappa shape index (κ3) is 4.50. The number of rotatable bonds is 6. The van der Waals surface area contributed by atoms with Crippen molar-refractivity contribution in [2.75, 3.05) is 41.4 Å². The van der Waals surface area contributed by atoms with Gasteiger partial charge < -0.3 is 15.0 Å². The average molecular weight is 416 g/mol. The minimum atomic E-state index is -0.115. The molecule has 2 saturated heterocycles. The maximum absolute atomic E-state index is 12.8. The Labute approximate surface area is 173 Å². The van der Waals surface area contributed by atoms with Crippen LogP contribution in [0.4, 0.5) is 16.0 Å². The van der Waals surface area contributed by atoms with Crippen LogP contribution in [0.15, 0.2) is 24.3 Å². The zero-order valence-corrected chi connectivity index (χ0v) is 17.3. The first-order valence-electron chi connectivity index (χ1n) is 10.1. The fourth-order valence-corrected chi connectivity index (χ4v) is 4.63. The van der Waals surface area contributed by atoms with Gasteiger partial charge in [-0.3, -0.25) is 14.5 Å². The molecule has 1 atom stereocenters. The van der Waals surface area contributed by atoms with Crippen LogP contribution < -0.4 is 19.9 Å². The maximum Gasteiger partial charge on any atom is 0.229 e. The number of aromatic nitrogens is 2. The van der Waals surface area contributed by atoms with E-state index in [0.717, 1.165) is 42.4 Å². The van der Waals surface area contributed by atoms with Gasteiger partial charge in [0, 0.05) is 31.7 Å². The van der Waals surface area contributed by atoms with Crippen molar-refractivity contribution in [1.29, 1.82) is 0 Å². The number of benzene rings is 1. The molecule has 1 aromatic carbocycles. The molecule has 1 aromatic heterocycles. The number of anilines is 3. The number of hydrogen-bond acceptors (Lipinski definition) is 7. The molecule has 0 spiro atoms. The molecule has 1 N–H and O–H groups in total. The van der Waals surface area contributed by atoms with Crippen molar-refractivity contribution in [2.45, 2.75) is 32.6 Å². The Balaban J connectivity index is 1.37. The molecule has 2 aromatic rings. The van der Waals surface area contributed by atoms with Gasteiger partial charge in [-0.2, -0.15) is 0 Å². The number of hydrogen-bond donors (Lipinski definition) is 1. The molecule has 4 rings (SSSR count). The number of ether oxygens (including phenoxy) is 1. The molecular formula is C20H25N5O3S. The highest BCUT2D eigenvalue weighted by Crippen LogP contribution is 2.32. The van der Waals surface area contributed by atoms with E-state index in [1.807, 2.05) is 31.2 Å². The fraction of sp³-hybridized carbons (Fsp3) is 0.500. The lowest BCUT2D eigenvalue weighted by Gasteiger charge is -2.31. The van der Waals surface area contributed by atoms with Crippen molar-refractivity contribution in [1.82, 2.24) is 10.2 Å². The van der Waals surface area contributed by atoms with Crippen LogP contribution in [-0.4, -0.2) is 48.3 Å². The zero-order valence-electron chi connectivity index (χ0n) is 16.5. The van der Waals surface area contributed by atoms with Crippen LogP contribution in [0.25, 0.3) is 0 Å². The molecule has 0 radical (unpaired) electrons. The molecule has 29 heavy (non-hydrogen) atoms. The third-order valence-corrected chi connectivity index (χ3v) is 6.21. The predicted octanol–water partition coefficient (Wildman–Crippen LogP) is 2.92. The van der Waals surface area contributed by atoms with Gasteiger partial charge in [-0.25, -0.2) is 0 Å². The Morgan fingerprint density at radius 1 is 1.21 bits per heavy atom. The fourth-order valence-electron chi connectivity index (χ4n) is 3.71. The van der Waals surface area contributed by atoms with E-state index < -0.39 is 0 Å². The lowest BCUT2D eigenvalue weighted by molar-refractivity contribution is -0.120. The molecule has 2 amide bonds. The first kappa shape index (κ1) is 19.6. The Bertz CT molecular complexity index is 869. The van der Waals surface area contributed by atoms with Gasteiger partial charge in [0.1, 0.15) is 5.75 Å². The van der Waals surface area contributed by atoms with E-state index in [4.69, 9.17) is 4.74 Å². The van der Waals surface area contributed by atoms with Crippen LogP contribution in [0.5, 0.6) is 5.75 Å². The van der Waals surface area contributed by atoms with Crippen molar-refractivity contribution in [3.8, 4) is 5.75 Å². The summed E-state index contributed by atoms with van der Waals surface area (Å²) in [6, 6.07) is 7.42. The summed E-state index contributed by atoms with van der Waals surface area (Å²) >= 11 is 1.43. The van der Waals surface area contributed by atoms with Crippen molar-refractivity contribution < 1.29 is 14.3 Å². The van der Waals surface area contributed by atoms with Gasteiger partial charge >= 0.3 is 0 Å². The molecule has 8 nitrogen and oxygen atoms in total. The van der Waals surface area contributed by atoms with Crippen molar-refractivity contribution >= 4 is 39.1 Å².